The van der Waals surface area contributed by atoms with Gasteiger partial charge in [-0.05, 0) is 181 Å². The van der Waals surface area contributed by atoms with Gasteiger partial charge in [0.25, 0.3) is 0 Å². The van der Waals surface area contributed by atoms with E-state index in [0.717, 1.165) is 67.0 Å². The minimum Gasteiger partial charge on any atom is -0.292 e. The van der Waals surface area contributed by atoms with Crippen LogP contribution in [0.3, 0.4) is 0 Å². The van der Waals surface area contributed by atoms with Gasteiger partial charge in [-0.3, -0.25) is 20.0 Å². The molecule has 0 bridgehead atoms. The maximum absolute atomic E-state index is 5.47. The summed E-state index contributed by atoms with van der Waals surface area (Å²) in [4.78, 5) is 21.9. The second-order valence-corrected chi connectivity index (χ2v) is 24.3. The smallest absolute Gasteiger partial charge is 0.0719 e. The molecule has 12 spiro atoms. The van der Waals surface area contributed by atoms with E-state index in [9.17, 15) is 0 Å². The summed E-state index contributed by atoms with van der Waals surface area (Å²) in [6.45, 7) is 0. The van der Waals surface area contributed by atoms with Crippen molar-refractivity contribution in [3.63, 3.8) is 0 Å². The third-order valence-electron chi connectivity index (χ3n) is 23.9. The van der Waals surface area contributed by atoms with Crippen LogP contribution >= 0.6 is 0 Å². The molecule has 1 heterocycles. The zero-order chi connectivity index (χ0) is 31.8. The Hall–Kier alpha value is -1.32. The lowest BCUT2D eigenvalue weighted by atomic mass is 9.91. The molecule has 4 heteroatoms. The first-order chi connectivity index (χ1) is 24.3. The molecule has 0 aromatic carbocycles. The van der Waals surface area contributed by atoms with Crippen molar-refractivity contribution in [1.82, 2.24) is 0 Å². The lowest BCUT2D eigenvalue weighted by molar-refractivity contribution is 0.388. The molecule has 17 aliphatic rings. The van der Waals surface area contributed by atoms with E-state index in [2.05, 4.69) is 24.9 Å². The summed E-state index contributed by atoms with van der Waals surface area (Å²) in [5.41, 5.74) is 9.04. The van der Waals surface area contributed by atoms with Crippen molar-refractivity contribution in [2.24, 2.45) is 109 Å². The third kappa shape index (κ3) is 2.28. The van der Waals surface area contributed by atoms with Gasteiger partial charge in [0.2, 0.25) is 0 Å². The van der Waals surface area contributed by atoms with E-state index in [1.54, 1.807) is 64.2 Å². The highest BCUT2D eigenvalue weighted by molar-refractivity contribution is 5.77. The van der Waals surface area contributed by atoms with E-state index in [4.69, 9.17) is 20.0 Å². The van der Waals surface area contributed by atoms with Crippen LogP contribution in [-0.4, -0.2) is 49.0 Å². The molecule has 0 N–H and O–H groups in total. The van der Waals surface area contributed by atoms with Crippen LogP contribution in [-0.2, 0) is 0 Å². The molecule has 0 saturated heterocycles. The van der Waals surface area contributed by atoms with Gasteiger partial charge >= 0.3 is 0 Å². The summed E-state index contributed by atoms with van der Waals surface area (Å²) in [5.74, 6) is 3.24. The zero-order valence-electron chi connectivity index (χ0n) is 30.3. The van der Waals surface area contributed by atoms with E-state index in [1.807, 2.05) is 0 Å². The zero-order valence-corrected chi connectivity index (χ0v) is 30.3. The molecule has 0 unspecified atom stereocenters. The van der Waals surface area contributed by atoms with Crippen molar-refractivity contribution in [2.45, 2.75) is 165 Å². The fourth-order valence-electron chi connectivity index (χ4n) is 20.6. The molecule has 16 aliphatic carbocycles. The van der Waals surface area contributed by atoms with Crippen molar-refractivity contribution in [3.8, 4) is 0 Å². The Labute approximate surface area is 298 Å². The maximum atomic E-state index is 5.47. The van der Waals surface area contributed by atoms with Crippen molar-refractivity contribution in [1.29, 1.82) is 0 Å². The molecule has 17 rings (SSSR count). The molecule has 0 radical (unpaired) electrons. The number of nitrogens with zero attached hydrogens (tertiary/aromatic N) is 4. The first kappa shape index (κ1) is 26.5. The highest BCUT2D eigenvalue weighted by Gasteiger charge is 3.13. The van der Waals surface area contributed by atoms with Gasteiger partial charge in [0.1, 0.15) is 0 Å². The standard InChI is InChI=1S/C46H56N4/c1-2-6-32-31(5-1)47-13-27-9-35(27)17-39(35)21-43(39)25-45(43)23-41(45)19-37(41)11-29(37)15-49-33-7-3-4-8-34(33)50-16-30-12-38(30)20-42(38)24-46(42)26-44(46)22-40(44)18-36(40)10-28(36)14-48-32/h13-16,27-34H,1-12,17-26H2/t27-,28-,29+,30+,31-,32-,33-,34-,35+,36+,37+,38+,39+,40+,41+,42+,43+,44+,45-,46+/m1/s1. The van der Waals surface area contributed by atoms with Gasteiger partial charge in [-0.2, -0.15) is 0 Å². The van der Waals surface area contributed by atoms with Crippen LogP contribution in [0.1, 0.15) is 141 Å². The minimum atomic E-state index is 0.476. The molecule has 0 amide bonds. The second kappa shape index (κ2) is 6.68. The average molecular weight is 665 g/mol. The summed E-state index contributed by atoms with van der Waals surface area (Å²) in [6, 6.07) is 1.90. The van der Waals surface area contributed by atoms with E-state index >= 15 is 0 Å². The number of hydrogen-bond acceptors (Lipinski definition) is 4. The molecular weight excluding hydrogens is 609 g/mol. The van der Waals surface area contributed by atoms with E-state index < -0.39 is 0 Å². The predicted octanol–water partition coefficient (Wildman–Crippen LogP) is 8.86. The molecule has 4 nitrogen and oxygen atoms in total. The van der Waals surface area contributed by atoms with Gasteiger partial charge in [-0.1, -0.05) is 25.7 Å². The van der Waals surface area contributed by atoms with E-state index in [1.165, 1.54) is 77.0 Å². The summed E-state index contributed by atoms with van der Waals surface area (Å²) < 4.78 is 0. The summed E-state index contributed by atoms with van der Waals surface area (Å²) in [6.07, 6.45) is 42.6. The predicted molar refractivity (Wildman–Crippen MR) is 194 cm³/mol. The maximum Gasteiger partial charge on any atom is 0.0719 e. The Morgan fingerprint density at radius 1 is 0.300 bits per heavy atom. The monoisotopic (exact) mass is 664 g/mol. The SMILES string of the molecule is C1=N[C@@H]2CCCC[C@H]2N=C[C@@H]2C[C@]23C[C@]32C[C@@]23C[C@]32C[C@]23C[C@]32C[C@@H]2C=N[C@@H]2CCCC[C@H]2N=C[C@H]2C[C@]23C[C@]32C[C@]23C[C@]32C[C@]23C[C@]32C[C@@H]12. The normalized spacial score (nSPS) is 76.5. The Morgan fingerprint density at radius 2 is 0.540 bits per heavy atom. The first-order valence-corrected chi connectivity index (χ1v) is 22.5. The molecule has 16 saturated carbocycles. The minimum absolute atomic E-state index is 0.476. The van der Waals surface area contributed by atoms with Crippen LogP contribution in [0.2, 0.25) is 0 Å². The summed E-state index contributed by atoms with van der Waals surface area (Å²) >= 11 is 0. The topological polar surface area (TPSA) is 49.4 Å². The summed E-state index contributed by atoms with van der Waals surface area (Å²) in [5, 5.41) is 0. The number of aliphatic imine (C=N–C) groups is 4. The highest BCUT2D eigenvalue weighted by atomic mass is 15.2. The molecule has 16 fully saturated rings. The number of fused-ring (bicyclic) bond motifs is 2. The Kier molecular flexibility index (Phi) is 3.54. The Balaban J connectivity index is 0.680. The molecule has 50 heavy (non-hydrogen) atoms. The molecule has 260 valence electrons. The van der Waals surface area contributed by atoms with Crippen LogP contribution in [0.25, 0.3) is 0 Å². The number of hydrogen-bond donors (Lipinski definition) is 0. The fourth-order valence-corrected chi connectivity index (χ4v) is 20.6. The van der Waals surface area contributed by atoms with Crippen molar-refractivity contribution < 1.29 is 0 Å². The van der Waals surface area contributed by atoms with E-state index in [0.29, 0.717) is 45.8 Å². The second-order valence-electron chi connectivity index (χ2n) is 24.3. The van der Waals surface area contributed by atoms with Gasteiger partial charge in [0, 0.05) is 48.5 Å². The van der Waals surface area contributed by atoms with Crippen LogP contribution < -0.4 is 0 Å². The highest BCUT2D eigenvalue weighted by Crippen LogP contribution is 3.19. The van der Waals surface area contributed by atoms with Gasteiger partial charge in [-0.15, -0.1) is 0 Å². The fraction of sp³-hybridized carbons (Fsp3) is 0.913. The summed E-state index contributed by atoms with van der Waals surface area (Å²) in [7, 11) is 0. The lowest BCUT2D eigenvalue weighted by Crippen LogP contribution is -2.27. The molecular formula is C46H56N4. The van der Waals surface area contributed by atoms with Crippen LogP contribution in [0, 0.1) is 88.7 Å². The molecule has 0 aromatic heterocycles. The molecule has 20 atom stereocenters. The Bertz CT molecular complexity index is 1690. The average Bonchev–Trinajstić information content (AvgIpc) is 3.91. The Morgan fingerprint density at radius 3 is 0.800 bits per heavy atom. The van der Waals surface area contributed by atoms with Crippen molar-refractivity contribution >= 4 is 24.9 Å². The quantitative estimate of drug-likeness (QED) is 0.249. The van der Waals surface area contributed by atoms with E-state index in [-0.39, 0.29) is 0 Å². The van der Waals surface area contributed by atoms with Crippen molar-refractivity contribution in [3.05, 3.63) is 0 Å². The third-order valence-corrected chi connectivity index (χ3v) is 23.9. The largest absolute Gasteiger partial charge is 0.292 e. The lowest BCUT2D eigenvalue weighted by Gasteiger charge is -2.25. The van der Waals surface area contributed by atoms with Crippen LogP contribution in [0.4, 0.5) is 0 Å². The van der Waals surface area contributed by atoms with Gasteiger partial charge in [0.15, 0.2) is 0 Å². The van der Waals surface area contributed by atoms with Crippen molar-refractivity contribution in [2.75, 3.05) is 0 Å². The molecule has 0 aromatic rings. The van der Waals surface area contributed by atoms with Gasteiger partial charge in [0.05, 0.1) is 24.2 Å². The van der Waals surface area contributed by atoms with Gasteiger partial charge in [-0.25, -0.2) is 0 Å². The number of rotatable bonds is 0. The van der Waals surface area contributed by atoms with Gasteiger partial charge < -0.3 is 0 Å². The van der Waals surface area contributed by atoms with Crippen LogP contribution in [0.15, 0.2) is 20.0 Å². The first-order valence-electron chi connectivity index (χ1n) is 22.5. The van der Waals surface area contributed by atoms with Crippen LogP contribution in [0.5, 0.6) is 0 Å². The molecule has 1 aliphatic heterocycles.